The van der Waals surface area contributed by atoms with Crippen molar-refractivity contribution in [3.05, 3.63) is 200 Å². The summed E-state index contributed by atoms with van der Waals surface area (Å²) in [4.78, 5) is 2.35. The Kier molecular flexibility index (Phi) is 7.18. The van der Waals surface area contributed by atoms with Gasteiger partial charge >= 0.3 is 0 Å². The standard InChI is InChI=1S/C50H33NO/c1-3-11-34(12-4-1)37-19-23-42(24-20-37)51(43-25-21-36-15-7-8-16-38(36)29-43)44-26-28-50-48(33-44)46-31-40-18-10-9-17-39(40)30-45(46)47-32-41(22-27-49(47)52-50)35-13-5-2-6-14-35/h1-33H. The molecule has 0 amide bonds. The second-order valence-corrected chi connectivity index (χ2v) is 13.4. The van der Waals surface area contributed by atoms with Crippen molar-refractivity contribution in [1.82, 2.24) is 0 Å². The Labute approximate surface area is 303 Å². The second kappa shape index (κ2) is 12.5. The van der Waals surface area contributed by atoms with Crippen molar-refractivity contribution in [3.8, 4) is 56.0 Å². The molecule has 9 aromatic carbocycles. The molecule has 244 valence electrons. The van der Waals surface area contributed by atoms with Crippen LogP contribution in [-0.2, 0) is 0 Å². The van der Waals surface area contributed by atoms with Crippen molar-refractivity contribution >= 4 is 38.6 Å². The van der Waals surface area contributed by atoms with Crippen molar-refractivity contribution in [2.75, 3.05) is 4.90 Å². The molecule has 9 aromatic rings. The molecule has 0 aromatic heterocycles. The molecule has 2 heteroatoms. The van der Waals surface area contributed by atoms with Gasteiger partial charge in [-0.2, -0.15) is 0 Å². The van der Waals surface area contributed by atoms with Crippen LogP contribution >= 0.6 is 0 Å². The molecular formula is C50H33NO. The minimum atomic E-state index is 0.837. The molecule has 52 heavy (non-hydrogen) atoms. The van der Waals surface area contributed by atoms with Crippen LogP contribution < -0.4 is 9.64 Å². The van der Waals surface area contributed by atoms with Crippen LogP contribution in [0.25, 0.3) is 66.1 Å². The van der Waals surface area contributed by atoms with Gasteiger partial charge in [0.15, 0.2) is 0 Å². The van der Waals surface area contributed by atoms with Crippen LogP contribution in [-0.4, -0.2) is 0 Å². The lowest BCUT2D eigenvalue weighted by atomic mass is 9.90. The fraction of sp³-hybridized carbons (Fsp3) is 0. The minimum Gasteiger partial charge on any atom is -0.456 e. The van der Waals surface area contributed by atoms with Crippen LogP contribution in [0.5, 0.6) is 11.5 Å². The maximum absolute atomic E-state index is 6.85. The van der Waals surface area contributed by atoms with Crippen LogP contribution in [0.1, 0.15) is 0 Å². The van der Waals surface area contributed by atoms with Gasteiger partial charge < -0.3 is 9.64 Å². The van der Waals surface area contributed by atoms with Crippen LogP contribution in [0.15, 0.2) is 200 Å². The van der Waals surface area contributed by atoms with Gasteiger partial charge in [0.1, 0.15) is 11.5 Å². The summed E-state index contributed by atoms with van der Waals surface area (Å²) >= 11 is 0. The number of hydrogen-bond acceptors (Lipinski definition) is 2. The summed E-state index contributed by atoms with van der Waals surface area (Å²) < 4.78 is 6.85. The molecule has 10 rings (SSSR count). The van der Waals surface area contributed by atoms with Gasteiger partial charge in [0.05, 0.1) is 0 Å². The summed E-state index contributed by atoms with van der Waals surface area (Å²) in [5.74, 6) is 1.69. The first kappa shape index (κ1) is 30.0. The first-order valence-corrected chi connectivity index (χ1v) is 17.7. The number of anilines is 3. The molecule has 0 saturated carbocycles. The smallest absolute Gasteiger partial charge is 0.135 e. The molecule has 0 radical (unpaired) electrons. The van der Waals surface area contributed by atoms with Crippen molar-refractivity contribution in [2.24, 2.45) is 0 Å². The zero-order chi connectivity index (χ0) is 34.4. The fourth-order valence-corrected chi connectivity index (χ4v) is 7.60. The van der Waals surface area contributed by atoms with Gasteiger partial charge in [-0.1, -0.05) is 133 Å². The lowest BCUT2D eigenvalue weighted by Crippen LogP contribution is -2.10. The van der Waals surface area contributed by atoms with Crippen LogP contribution in [0.2, 0.25) is 0 Å². The monoisotopic (exact) mass is 663 g/mol. The van der Waals surface area contributed by atoms with E-state index in [2.05, 4.69) is 205 Å². The number of nitrogens with zero attached hydrogens (tertiary/aromatic N) is 1. The van der Waals surface area contributed by atoms with Crippen LogP contribution in [0.3, 0.4) is 0 Å². The lowest BCUT2D eigenvalue weighted by Gasteiger charge is -2.27. The normalized spacial score (nSPS) is 11.6. The number of rotatable bonds is 5. The highest BCUT2D eigenvalue weighted by molar-refractivity contribution is 6.01. The van der Waals surface area contributed by atoms with E-state index in [4.69, 9.17) is 4.74 Å². The summed E-state index contributed by atoms with van der Waals surface area (Å²) in [6, 6.07) is 71.7. The SMILES string of the molecule is c1ccc(-c2ccc(N(c3ccc4c(c3)-c3cc5ccccc5cc3-c3cc(-c5ccccc5)ccc3O4)c3ccc4ccccc4c3)cc2)cc1. The summed E-state index contributed by atoms with van der Waals surface area (Å²) in [6.07, 6.45) is 0. The molecule has 0 unspecified atom stereocenters. The number of hydrogen-bond donors (Lipinski definition) is 0. The van der Waals surface area contributed by atoms with Crippen LogP contribution in [0.4, 0.5) is 17.1 Å². The third kappa shape index (κ3) is 5.30. The molecule has 1 aliphatic heterocycles. The molecule has 0 N–H and O–H groups in total. The second-order valence-electron chi connectivity index (χ2n) is 13.4. The molecule has 0 aliphatic carbocycles. The Morgan fingerprint density at radius 2 is 0.712 bits per heavy atom. The van der Waals surface area contributed by atoms with Gasteiger partial charge in [-0.05, 0) is 122 Å². The van der Waals surface area contributed by atoms with E-state index >= 15 is 0 Å². The van der Waals surface area contributed by atoms with Gasteiger partial charge in [-0.25, -0.2) is 0 Å². The predicted molar refractivity (Wildman–Crippen MR) is 218 cm³/mol. The summed E-state index contributed by atoms with van der Waals surface area (Å²) in [6.45, 7) is 0. The van der Waals surface area contributed by atoms with E-state index in [0.29, 0.717) is 0 Å². The molecular weight excluding hydrogens is 631 g/mol. The third-order valence-corrected chi connectivity index (χ3v) is 10.2. The Balaban J connectivity index is 1.17. The van der Waals surface area contributed by atoms with Crippen molar-refractivity contribution < 1.29 is 4.74 Å². The predicted octanol–water partition coefficient (Wildman–Crippen LogP) is 14.2. The number of ether oxygens (including phenoxy) is 1. The average Bonchev–Trinajstić information content (AvgIpc) is 3.34. The maximum Gasteiger partial charge on any atom is 0.135 e. The Bertz CT molecular complexity index is 2750. The first-order chi connectivity index (χ1) is 25.7. The molecule has 1 heterocycles. The molecule has 0 spiro atoms. The highest BCUT2D eigenvalue weighted by atomic mass is 16.5. The topological polar surface area (TPSA) is 12.5 Å². The van der Waals surface area contributed by atoms with Crippen molar-refractivity contribution in [3.63, 3.8) is 0 Å². The lowest BCUT2D eigenvalue weighted by molar-refractivity contribution is 0.488. The molecule has 2 nitrogen and oxygen atoms in total. The number of benzene rings is 9. The zero-order valence-corrected chi connectivity index (χ0v) is 28.4. The molecule has 1 aliphatic rings. The van der Waals surface area contributed by atoms with E-state index in [-0.39, 0.29) is 0 Å². The summed E-state index contributed by atoms with van der Waals surface area (Å²) in [5.41, 5.74) is 12.4. The maximum atomic E-state index is 6.85. The fourth-order valence-electron chi connectivity index (χ4n) is 7.60. The van der Waals surface area contributed by atoms with E-state index < -0.39 is 0 Å². The van der Waals surface area contributed by atoms with Crippen molar-refractivity contribution in [2.45, 2.75) is 0 Å². The van der Waals surface area contributed by atoms with Gasteiger partial charge in [0.25, 0.3) is 0 Å². The molecule has 0 saturated heterocycles. The van der Waals surface area contributed by atoms with E-state index in [9.17, 15) is 0 Å². The van der Waals surface area contributed by atoms with Gasteiger partial charge in [0, 0.05) is 28.2 Å². The largest absolute Gasteiger partial charge is 0.456 e. The molecule has 0 atom stereocenters. The number of fused-ring (bicyclic) bond motifs is 7. The summed E-state index contributed by atoms with van der Waals surface area (Å²) in [7, 11) is 0. The summed E-state index contributed by atoms with van der Waals surface area (Å²) in [5, 5.41) is 4.82. The first-order valence-electron chi connectivity index (χ1n) is 17.7. The van der Waals surface area contributed by atoms with Crippen LogP contribution in [0, 0.1) is 0 Å². The zero-order valence-electron chi connectivity index (χ0n) is 28.4. The molecule has 0 bridgehead atoms. The third-order valence-electron chi connectivity index (χ3n) is 10.2. The highest BCUT2D eigenvalue weighted by Gasteiger charge is 2.24. The van der Waals surface area contributed by atoms with Gasteiger partial charge in [-0.15, -0.1) is 0 Å². The van der Waals surface area contributed by atoms with Crippen molar-refractivity contribution in [1.29, 1.82) is 0 Å². The highest BCUT2D eigenvalue weighted by Crippen LogP contribution is 2.51. The quantitative estimate of drug-likeness (QED) is 0.182. The Morgan fingerprint density at radius 3 is 1.37 bits per heavy atom. The Morgan fingerprint density at radius 1 is 0.269 bits per heavy atom. The van der Waals surface area contributed by atoms with Gasteiger partial charge in [0.2, 0.25) is 0 Å². The van der Waals surface area contributed by atoms with E-state index in [1.165, 1.54) is 38.2 Å². The van der Waals surface area contributed by atoms with E-state index in [1.54, 1.807) is 0 Å². The Hall–Kier alpha value is -6.90. The average molecular weight is 664 g/mol. The van der Waals surface area contributed by atoms with E-state index in [0.717, 1.165) is 56.4 Å². The van der Waals surface area contributed by atoms with E-state index in [1.807, 2.05) is 0 Å². The van der Waals surface area contributed by atoms with Gasteiger partial charge in [-0.3, -0.25) is 0 Å². The minimum absolute atomic E-state index is 0.837. The molecule has 0 fully saturated rings.